The van der Waals surface area contributed by atoms with E-state index >= 15 is 0 Å². The van der Waals surface area contributed by atoms with Gasteiger partial charge in [0, 0.05) is 32.4 Å². The number of nitrogens with zero attached hydrogens (tertiary/aromatic N) is 4. The molecule has 1 atom stereocenters. The number of hydrogen-bond acceptors (Lipinski definition) is 3. The summed E-state index contributed by atoms with van der Waals surface area (Å²) in [7, 11) is 7.27. The molecule has 0 radical (unpaired) electrons. The third kappa shape index (κ3) is 3.71. The second-order valence-corrected chi connectivity index (χ2v) is 5.63. The van der Waals surface area contributed by atoms with Crippen LogP contribution >= 0.6 is 0 Å². The van der Waals surface area contributed by atoms with E-state index in [9.17, 15) is 9.18 Å². The Balaban J connectivity index is 2.17. The second-order valence-electron chi connectivity index (χ2n) is 5.63. The smallest absolute Gasteiger partial charge is 0.244 e. The largest absolute Gasteiger partial charge is 0.340 e. The lowest BCUT2D eigenvalue weighted by atomic mass is 10.0. The van der Waals surface area contributed by atoms with Gasteiger partial charge in [0.25, 0.3) is 0 Å². The molecule has 0 saturated carbocycles. The van der Waals surface area contributed by atoms with Crippen LogP contribution in [-0.4, -0.2) is 46.6 Å². The van der Waals surface area contributed by atoms with Crippen molar-refractivity contribution < 1.29 is 9.18 Å². The Labute approximate surface area is 129 Å². The van der Waals surface area contributed by atoms with E-state index < -0.39 is 6.04 Å². The molecule has 22 heavy (non-hydrogen) atoms. The molecule has 0 fully saturated rings. The van der Waals surface area contributed by atoms with Crippen LogP contribution in [0.4, 0.5) is 4.39 Å². The Bertz CT molecular complexity index is 636. The van der Waals surface area contributed by atoms with Crippen LogP contribution in [0.1, 0.15) is 17.2 Å². The number of hydrogen-bond donors (Lipinski definition) is 0. The van der Waals surface area contributed by atoms with Gasteiger partial charge in [-0.15, -0.1) is 0 Å². The Kier molecular flexibility index (Phi) is 4.92. The van der Waals surface area contributed by atoms with E-state index in [1.807, 2.05) is 32.2 Å². The van der Waals surface area contributed by atoms with Crippen molar-refractivity contribution in [3.05, 3.63) is 53.6 Å². The molecular weight excluding hydrogens is 283 g/mol. The minimum Gasteiger partial charge on any atom is -0.340 e. The minimum atomic E-state index is -0.442. The zero-order valence-corrected chi connectivity index (χ0v) is 13.3. The summed E-state index contributed by atoms with van der Waals surface area (Å²) in [6, 6.07) is 5.61. The summed E-state index contributed by atoms with van der Waals surface area (Å²) in [5.74, 6) is -0.349. The monoisotopic (exact) mass is 304 g/mol. The molecule has 2 aromatic rings. The van der Waals surface area contributed by atoms with Crippen LogP contribution in [0.15, 0.2) is 36.7 Å². The molecule has 0 unspecified atom stereocenters. The standard InChI is InChI=1S/C16H21FN4O/c1-19(2)15(13-5-7-14(17)8-6-13)16(22)20(3)10-12-9-18-21(4)11-12/h5-9,11,15H,10H2,1-4H3/t15-/m1/s1. The van der Waals surface area contributed by atoms with Gasteiger partial charge in [-0.3, -0.25) is 14.4 Å². The lowest BCUT2D eigenvalue weighted by Crippen LogP contribution is -2.38. The van der Waals surface area contributed by atoms with Crippen molar-refractivity contribution in [2.24, 2.45) is 7.05 Å². The topological polar surface area (TPSA) is 41.4 Å². The van der Waals surface area contributed by atoms with Gasteiger partial charge in [0.05, 0.1) is 6.20 Å². The zero-order chi connectivity index (χ0) is 16.3. The van der Waals surface area contributed by atoms with Crippen molar-refractivity contribution in [3.8, 4) is 0 Å². The fourth-order valence-electron chi connectivity index (χ4n) is 2.42. The molecule has 1 heterocycles. The summed E-state index contributed by atoms with van der Waals surface area (Å²) in [5, 5.41) is 4.10. The first kappa shape index (κ1) is 16.2. The van der Waals surface area contributed by atoms with E-state index in [1.54, 1.807) is 35.0 Å². The van der Waals surface area contributed by atoms with E-state index in [4.69, 9.17) is 0 Å². The molecule has 2 rings (SSSR count). The molecule has 0 aliphatic carbocycles. The predicted octanol–water partition coefficient (Wildman–Crippen LogP) is 1.82. The third-order valence-electron chi connectivity index (χ3n) is 3.49. The number of aromatic nitrogens is 2. The highest BCUT2D eigenvalue weighted by Crippen LogP contribution is 2.21. The summed E-state index contributed by atoms with van der Waals surface area (Å²) in [4.78, 5) is 16.2. The van der Waals surface area contributed by atoms with Crippen molar-refractivity contribution in [1.82, 2.24) is 19.6 Å². The summed E-state index contributed by atoms with van der Waals surface area (Å²) < 4.78 is 14.8. The van der Waals surface area contributed by atoms with Crippen molar-refractivity contribution in [3.63, 3.8) is 0 Å². The number of halogens is 1. The molecule has 0 bridgehead atoms. The average Bonchev–Trinajstić information content (AvgIpc) is 2.86. The molecule has 1 aromatic carbocycles. The average molecular weight is 304 g/mol. The van der Waals surface area contributed by atoms with Crippen LogP contribution in [0.5, 0.6) is 0 Å². The lowest BCUT2D eigenvalue weighted by molar-refractivity contribution is -0.135. The minimum absolute atomic E-state index is 0.0412. The van der Waals surface area contributed by atoms with E-state index in [0.717, 1.165) is 11.1 Å². The predicted molar refractivity (Wildman–Crippen MR) is 82.5 cm³/mol. The first-order valence-electron chi connectivity index (χ1n) is 7.03. The fourth-order valence-corrected chi connectivity index (χ4v) is 2.42. The number of benzene rings is 1. The maximum atomic E-state index is 13.1. The van der Waals surface area contributed by atoms with Crippen LogP contribution in [-0.2, 0) is 18.4 Å². The molecule has 0 aliphatic heterocycles. The maximum Gasteiger partial charge on any atom is 0.244 e. The van der Waals surface area contributed by atoms with Crippen molar-refractivity contribution >= 4 is 5.91 Å². The molecule has 0 N–H and O–H groups in total. The van der Waals surface area contributed by atoms with Gasteiger partial charge in [0.15, 0.2) is 0 Å². The molecule has 0 aliphatic rings. The highest BCUT2D eigenvalue weighted by Gasteiger charge is 2.26. The van der Waals surface area contributed by atoms with Crippen LogP contribution in [0.25, 0.3) is 0 Å². The Morgan fingerprint density at radius 3 is 2.41 bits per heavy atom. The zero-order valence-electron chi connectivity index (χ0n) is 13.3. The van der Waals surface area contributed by atoms with Gasteiger partial charge < -0.3 is 4.90 Å². The van der Waals surface area contributed by atoms with Gasteiger partial charge in [-0.1, -0.05) is 12.1 Å². The molecule has 1 amide bonds. The lowest BCUT2D eigenvalue weighted by Gasteiger charge is -2.28. The number of amides is 1. The second kappa shape index (κ2) is 6.70. The molecule has 5 nitrogen and oxygen atoms in total. The first-order valence-corrected chi connectivity index (χ1v) is 7.03. The van der Waals surface area contributed by atoms with Crippen LogP contribution in [0.3, 0.4) is 0 Å². The summed E-state index contributed by atoms with van der Waals surface area (Å²) >= 11 is 0. The number of carbonyl (C=O) groups is 1. The number of likely N-dealkylation sites (N-methyl/N-ethyl adjacent to an activating group) is 2. The Morgan fingerprint density at radius 1 is 1.27 bits per heavy atom. The Hall–Kier alpha value is -2.21. The van der Waals surface area contributed by atoms with Crippen LogP contribution in [0, 0.1) is 5.82 Å². The number of carbonyl (C=O) groups excluding carboxylic acids is 1. The van der Waals surface area contributed by atoms with Crippen molar-refractivity contribution in [1.29, 1.82) is 0 Å². The Morgan fingerprint density at radius 2 is 1.91 bits per heavy atom. The van der Waals surface area contributed by atoms with Gasteiger partial charge in [-0.25, -0.2) is 4.39 Å². The molecule has 6 heteroatoms. The van der Waals surface area contributed by atoms with Gasteiger partial charge >= 0.3 is 0 Å². The summed E-state index contributed by atoms with van der Waals surface area (Å²) in [6.07, 6.45) is 3.62. The molecular formula is C16H21FN4O. The SMILES string of the molecule is CN(Cc1cnn(C)c1)C(=O)[C@@H](c1ccc(F)cc1)N(C)C. The molecule has 0 saturated heterocycles. The van der Waals surface area contributed by atoms with Crippen molar-refractivity contribution in [2.75, 3.05) is 21.1 Å². The highest BCUT2D eigenvalue weighted by atomic mass is 19.1. The number of rotatable bonds is 5. The molecule has 0 spiro atoms. The highest BCUT2D eigenvalue weighted by molar-refractivity contribution is 5.83. The van der Waals surface area contributed by atoms with Gasteiger partial charge in [0.1, 0.15) is 11.9 Å². The molecule has 1 aromatic heterocycles. The van der Waals surface area contributed by atoms with E-state index in [1.165, 1.54) is 12.1 Å². The van der Waals surface area contributed by atoms with Crippen LogP contribution in [0.2, 0.25) is 0 Å². The summed E-state index contributed by atoms with van der Waals surface area (Å²) in [5.41, 5.74) is 1.74. The van der Waals surface area contributed by atoms with E-state index in [2.05, 4.69) is 5.10 Å². The van der Waals surface area contributed by atoms with Gasteiger partial charge in [-0.05, 0) is 31.8 Å². The fraction of sp³-hybridized carbons (Fsp3) is 0.375. The number of aryl methyl sites for hydroxylation is 1. The van der Waals surface area contributed by atoms with Gasteiger partial charge in [-0.2, -0.15) is 5.10 Å². The van der Waals surface area contributed by atoms with Gasteiger partial charge in [0.2, 0.25) is 5.91 Å². The maximum absolute atomic E-state index is 13.1. The van der Waals surface area contributed by atoms with E-state index in [0.29, 0.717) is 6.54 Å². The quantitative estimate of drug-likeness (QED) is 0.846. The molecule has 118 valence electrons. The normalized spacial score (nSPS) is 12.5. The van der Waals surface area contributed by atoms with Crippen molar-refractivity contribution in [2.45, 2.75) is 12.6 Å². The van der Waals surface area contributed by atoms with Crippen LogP contribution < -0.4 is 0 Å². The van der Waals surface area contributed by atoms with E-state index in [-0.39, 0.29) is 11.7 Å². The summed E-state index contributed by atoms with van der Waals surface area (Å²) in [6.45, 7) is 0.484. The third-order valence-corrected chi connectivity index (χ3v) is 3.49. The first-order chi connectivity index (χ1) is 10.4.